The minimum Gasteiger partial charge on any atom is -0.393 e. The normalized spacial score (nSPS) is 33.9. The summed E-state index contributed by atoms with van der Waals surface area (Å²) in [6.07, 6.45) is 3.30. The Labute approximate surface area is 124 Å². The number of carbonyl (C=O) groups excluding carboxylic acids is 1. The van der Waals surface area contributed by atoms with Gasteiger partial charge in [0.1, 0.15) is 6.04 Å². The number of hydrogen-bond acceptors (Lipinski definition) is 4. The number of para-hydroxylation sites is 2. The van der Waals surface area contributed by atoms with E-state index in [0.29, 0.717) is 6.54 Å². The van der Waals surface area contributed by atoms with Gasteiger partial charge in [-0.1, -0.05) is 12.1 Å². The van der Waals surface area contributed by atoms with Crippen LogP contribution >= 0.6 is 0 Å². The number of carbonyl (C=O) groups is 1. The summed E-state index contributed by atoms with van der Waals surface area (Å²) in [5.41, 5.74) is 2.05. The molecular formula is C16H21N3O2. The number of amides is 1. The molecule has 0 aromatic heterocycles. The smallest absolute Gasteiger partial charge is 0.247 e. The predicted octanol–water partition coefficient (Wildman–Crippen LogP) is 1.41. The number of aliphatic hydroxyl groups is 1. The van der Waals surface area contributed by atoms with E-state index in [1.807, 2.05) is 29.2 Å². The van der Waals surface area contributed by atoms with E-state index >= 15 is 0 Å². The number of benzene rings is 1. The van der Waals surface area contributed by atoms with Crippen molar-refractivity contribution in [2.24, 2.45) is 0 Å². The standard InChI is InChI=1S/C16H21N3O2/c20-12-7-10-5-6-11(8-12)19(10)16(21)15-9-17-13-3-1-2-4-14(13)18-15/h1-4,10-12,15,17-18,20H,5-9H2. The molecule has 0 radical (unpaired) electrons. The molecule has 2 fully saturated rings. The second-order valence-corrected chi connectivity index (χ2v) is 6.38. The van der Waals surface area contributed by atoms with Gasteiger partial charge in [-0.2, -0.15) is 0 Å². The van der Waals surface area contributed by atoms with Gasteiger partial charge in [0.25, 0.3) is 0 Å². The maximum atomic E-state index is 12.9. The molecule has 1 aromatic rings. The fraction of sp³-hybridized carbons (Fsp3) is 0.562. The molecule has 0 spiro atoms. The summed E-state index contributed by atoms with van der Waals surface area (Å²) in [6.45, 7) is 0.619. The van der Waals surface area contributed by atoms with Gasteiger partial charge in [-0.15, -0.1) is 0 Å². The van der Waals surface area contributed by atoms with Crippen LogP contribution < -0.4 is 10.6 Å². The highest BCUT2D eigenvalue weighted by Crippen LogP contribution is 2.37. The number of aliphatic hydroxyl groups excluding tert-OH is 1. The molecule has 1 amide bonds. The largest absolute Gasteiger partial charge is 0.393 e. The van der Waals surface area contributed by atoms with Crippen molar-refractivity contribution in [1.29, 1.82) is 0 Å². The van der Waals surface area contributed by atoms with Crippen LogP contribution in [0.25, 0.3) is 0 Å². The van der Waals surface area contributed by atoms with Gasteiger partial charge in [0.2, 0.25) is 5.91 Å². The zero-order chi connectivity index (χ0) is 14.4. The van der Waals surface area contributed by atoms with Gasteiger partial charge in [-0.3, -0.25) is 4.79 Å². The first-order valence-corrected chi connectivity index (χ1v) is 7.82. The van der Waals surface area contributed by atoms with Crippen molar-refractivity contribution in [3.8, 4) is 0 Å². The first-order valence-electron chi connectivity index (χ1n) is 7.82. The first kappa shape index (κ1) is 13.0. The van der Waals surface area contributed by atoms with Crippen LogP contribution in [0.15, 0.2) is 24.3 Å². The van der Waals surface area contributed by atoms with Gasteiger partial charge in [-0.25, -0.2) is 0 Å². The summed E-state index contributed by atoms with van der Waals surface area (Å²) in [4.78, 5) is 14.9. The van der Waals surface area contributed by atoms with E-state index in [1.165, 1.54) is 0 Å². The minimum absolute atomic E-state index is 0.177. The maximum Gasteiger partial charge on any atom is 0.247 e. The Kier molecular flexibility index (Phi) is 3.03. The summed E-state index contributed by atoms with van der Waals surface area (Å²) in [5, 5.41) is 16.6. The SMILES string of the molecule is O=C(C1CNc2ccccc2N1)N1C2CCC1CC(O)C2. The van der Waals surface area contributed by atoms with Crippen molar-refractivity contribution < 1.29 is 9.90 Å². The van der Waals surface area contributed by atoms with E-state index in [1.54, 1.807) is 0 Å². The van der Waals surface area contributed by atoms with Crippen molar-refractivity contribution in [2.45, 2.75) is 49.9 Å². The summed E-state index contributed by atoms with van der Waals surface area (Å²) >= 11 is 0. The van der Waals surface area contributed by atoms with E-state index < -0.39 is 0 Å². The molecule has 21 heavy (non-hydrogen) atoms. The van der Waals surface area contributed by atoms with Crippen LogP contribution in [0.1, 0.15) is 25.7 Å². The number of nitrogens with one attached hydrogen (secondary N) is 2. The highest BCUT2D eigenvalue weighted by atomic mass is 16.3. The van der Waals surface area contributed by atoms with Crippen LogP contribution in [0.4, 0.5) is 11.4 Å². The van der Waals surface area contributed by atoms with Crippen LogP contribution in [0.3, 0.4) is 0 Å². The average molecular weight is 287 g/mol. The van der Waals surface area contributed by atoms with E-state index in [9.17, 15) is 9.90 Å². The Balaban J connectivity index is 1.52. The molecule has 3 aliphatic rings. The zero-order valence-electron chi connectivity index (χ0n) is 12.0. The van der Waals surface area contributed by atoms with Gasteiger partial charge in [0.15, 0.2) is 0 Å². The predicted molar refractivity (Wildman–Crippen MR) is 81.2 cm³/mol. The Morgan fingerprint density at radius 2 is 1.81 bits per heavy atom. The maximum absolute atomic E-state index is 12.9. The second kappa shape index (κ2) is 4.91. The highest BCUT2D eigenvalue weighted by molar-refractivity contribution is 5.89. The zero-order valence-corrected chi connectivity index (χ0v) is 12.0. The average Bonchev–Trinajstić information content (AvgIpc) is 2.78. The monoisotopic (exact) mass is 287 g/mol. The fourth-order valence-electron chi connectivity index (χ4n) is 4.05. The molecule has 5 nitrogen and oxygen atoms in total. The number of hydrogen-bond donors (Lipinski definition) is 3. The number of fused-ring (bicyclic) bond motifs is 3. The van der Waals surface area contributed by atoms with Gasteiger partial charge in [0.05, 0.1) is 17.5 Å². The molecule has 3 heterocycles. The van der Waals surface area contributed by atoms with Crippen LogP contribution in [0.5, 0.6) is 0 Å². The van der Waals surface area contributed by atoms with Crippen LogP contribution in [-0.2, 0) is 4.79 Å². The summed E-state index contributed by atoms with van der Waals surface area (Å²) in [7, 11) is 0. The van der Waals surface area contributed by atoms with E-state index in [4.69, 9.17) is 0 Å². The number of anilines is 2. The number of nitrogens with zero attached hydrogens (tertiary/aromatic N) is 1. The van der Waals surface area contributed by atoms with Crippen molar-refractivity contribution >= 4 is 17.3 Å². The molecule has 3 N–H and O–H groups in total. The first-order chi connectivity index (χ1) is 10.2. The molecular weight excluding hydrogens is 266 g/mol. The van der Waals surface area contributed by atoms with E-state index in [0.717, 1.165) is 37.1 Å². The van der Waals surface area contributed by atoms with Crippen molar-refractivity contribution in [3.63, 3.8) is 0 Å². The Hall–Kier alpha value is -1.75. The van der Waals surface area contributed by atoms with Crippen molar-refractivity contribution in [2.75, 3.05) is 17.2 Å². The number of piperidine rings is 1. The quantitative estimate of drug-likeness (QED) is 0.731. The molecule has 4 rings (SSSR count). The van der Waals surface area contributed by atoms with Gasteiger partial charge < -0.3 is 20.6 Å². The molecule has 3 atom stereocenters. The van der Waals surface area contributed by atoms with E-state index in [-0.39, 0.29) is 30.1 Å². The third kappa shape index (κ3) is 2.16. The molecule has 112 valence electrons. The van der Waals surface area contributed by atoms with Crippen LogP contribution in [-0.4, -0.2) is 46.7 Å². The van der Waals surface area contributed by atoms with Crippen LogP contribution in [0.2, 0.25) is 0 Å². The Morgan fingerprint density at radius 3 is 2.52 bits per heavy atom. The van der Waals surface area contributed by atoms with Crippen LogP contribution in [0, 0.1) is 0 Å². The molecule has 2 saturated heterocycles. The Bertz CT molecular complexity index is 548. The summed E-state index contributed by atoms with van der Waals surface area (Å²) in [6, 6.07) is 8.22. The Morgan fingerprint density at radius 1 is 1.14 bits per heavy atom. The van der Waals surface area contributed by atoms with Gasteiger partial charge in [0, 0.05) is 18.6 Å². The molecule has 3 aliphatic heterocycles. The highest BCUT2D eigenvalue weighted by Gasteiger charge is 2.44. The molecule has 1 aromatic carbocycles. The lowest BCUT2D eigenvalue weighted by atomic mass is 9.98. The molecule has 2 bridgehead atoms. The van der Waals surface area contributed by atoms with Gasteiger partial charge in [-0.05, 0) is 37.8 Å². The molecule has 0 aliphatic carbocycles. The lowest BCUT2D eigenvalue weighted by Gasteiger charge is -2.40. The van der Waals surface area contributed by atoms with E-state index in [2.05, 4.69) is 10.6 Å². The fourth-order valence-corrected chi connectivity index (χ4v) is 4.05. The molecule has 3 unspecified atom stereocenters. The minimum atomic E-state index is -0.232. The van der Waals surface area contributed by atoms with Crippen molar-refractivity contribution in [3.05, 3.63) is 24.3 Å². The molecule has 5 heteroatoms. The summed E-state index contributed by atoms with van der Waals surface area (Å²) < 4.78 is 0. The lowest BCUT2D eigenvalue weighted by Crippen LogP contribution is -2.55. The third-order valence-electron chi connectivity index (χ3n) is 5.01. The van der Waals surface area contributed by atoms with Gasteiger partial charge >= 0.3 is 0 Å². The number of rotatable bonds is 1. The topological polar surface area (TPSA) is 64.6 Å². The second-order valence-electron chi connectivity index (χ2n) is 6.38. The lowest BCUT2D eigenvalue weighted by molar-refractivity contribution is -0.138. The molecule has 0 saturated carbocycles. The summed E-state index contributed by atoms with van der Waals surface area (Å²) in [5.74, 6) is 0.177. The van der Waals surface area contributed by atoms with Crippen molar-refractivity contribution in [1.82, 2.24) is 4.90 Å². The third-order valence-corrected chi connectivity index (χ3v) is 5.01.